The summed E-state index contributed by atoms with van der Waals surface area (Å²) in [5, 5.41) is 3.48. The third kappa shape index (κ3) is 4.93. The van der Waals surface area contributed by atoms with E-state index in [0.29, 0.717) is 24.6 Å². The molecule has 1 unspecified atom stereocenters. The Kier molecular flexibility index (Phi) is 5.80. The number of allylic oxidation sites excluding steroid dienone is 1. The monoisotopic (exact) mass is 305 g/mol. The summed E-state index contributed by atoms with van der Waals surface area (Å²) in [6.07, 6.45) is 3.23. The molecular weight excluding hydrogens is 281 g/mol. The Labute approximate surface area is 120 Å². The van der Waals surface area contributed by atoms with Gasteiger partial charge in [0.1, 0.15) is 5.60 Å². The molecule has 0 fully saturated rings. The number of hydrogen-bond acceptors (Lipinski definition) is 5. The first-order valence-electron chi connectivity index (χ1n) is 6.61. The second-order valence-electron chi connectivity index (χ2n) is 5.68. The van der Waals surface area contributed by atoms with Crippen LogP contribution in [0.15, 0.2) is 11.4 Å². The van der Waals surface area contributed by atoms with E-state index in [1.54, 1.807) is 0 Å². The van der Waals surface area contributed by atoms with Crippen molar-refractivity contribution < 1.29 is 23.1 Å². The van der Waals surface area contributed by atoms with Crippen molar-refractivity contribution in [1.29, 1.82) is 0 Å². The highest BCUT2D eigenvalue weighted by Crippen LogP contribution is 2.57. The molecule has 1 aliphatic rings. The Bertz CT molecular complexity index is 419. The predicted octanol–water partition coefficient (Wildman–Crippen LogP) is 3.43. The van der Waals surface area contributed by atoms with Crippen LogP contribution in [0, 0.1) is 0 Å². The molecule has 6 nitrogen and oxygen atoms in total. The minimum Gasteiger partial charge on any atom is -0.444 e. The van der Waals surface area contributed by atoms with Crippen molar-refractivity contribution in [2.75, 3.05) is 14.2 Å². The lowest BCUT2D eigenvalue weighted by atomic mass is 10.0. The van der Waals surface area contributed by atoms with Crippen molar-refractivity contribution >= 4 is 13.7 Å². The van der Waals surface area contributed by atoms with E-state index in [9.17, 15) is 9.36 Å². The van der Waals surface area contributed by atoms with Gasteiger partial charge in [-0.15, -0.1) is 0 Å². The van der Waals surface area contributed by atoms with E-state index in [1.165, 1.54) is 14.2 Å². The summed E-state index contributed by atoms with van der Waals surface area (Å²) in [6.45, 7) is 5.46. The zero-order valence-corrected chi connectivity index (χ0v) is 13.7. The Hall–Kier alpha value is -0.840. The first kappa shape index (κ1) is 17.2. The van der Waals surface area contributed by atoms with Crippen LogP contribution < -0.4 is 5.32 Å². The Balaban J connectivity index is 2.56. The molecule has 0 aromatic carbocycles. The number of alkyl carbamates (subject to hydrolysis) is 1. The fourth-order valence-corrected chi connectivity index (χ4v) is 3.33. The summed E-state index contributed by atoms with van der Waals surface area (Å²) in [5.74, 6) is 0. The van der Waals surface area contributed by atoms with Crippen LogP contribution in [-0.2, 0) is 18.3 Å². The molecule has 0 saturated heterocycles. The lowest BCUT2D eigenvalue weighted by molar-refractivity contribution is 0.0501. The Morgan fingerprint density at radius 2 is 1.95 bits per heavy atom. The molecule has 0 radical (unpaired) electrons. The van der Waals surface area contributed by atoms with E-state index in [4.69, 9.17) is 13.8 Å². The van der Waals surface area contributed by atoms with Gasteiger partial charge in [-0.1, -0.05) is 6.08 Å². The third-order valence-electron chi connectivity index (χ3n) is 2.94. The van der Waals surface area contributed by atoms with Gasteiger partial charge in [0.15, 0.2) is 0 Å². The van der Waals surface area contributed by atoms with Gasteiger partial charge in [0.25, 0.3) is 0 Å². The van der Waals surface area contributed by atoms with Gasteiger partial charge >= 0.3 is 13.7 Å². The number of carbonyl (C=O) groups excluding carboxylic acids is 1. The van der Waals surface area contributed by atoms with Gasteiger partial charge in [-0.3, -0.25) is 4.57 Å². The molecule has 1 amide bonds. The second-order valence-corrected chi connectivity index (χ2v) is 7.98. The molecule has 0 heterocycles. The summed E-state index contributed by atoms with van der Waals surface area (Å²) in [7, 11) is -0.391. The largest absolute Gasteiger partial charge is 0.444 e. The maximum Gasteiger partial charge on any atom is 0.407 e. The number of hydrogen-bond donors (Lipinski definition) is 1. The number of ether oxygens (including phenoxy) is 1. The molecule has 0 aliphatic heterocycles. The van der Waals surface area contributed by atoms with Crippen molar-refractivity contribution in [1.82, 2.24) is 5.32 Å². The van der Waals surface area contributed by atoms with E-state index >= 15 is 0 Å². The summed E-state index contributed by atoms with van der Waals surface area (Å²) < 4.78 is 27.3. The fourth-order valence-electron chi connectivity index (χ4n) is 1.98. The van der Waals surface area contributed by atoms with E-state index < -0.39 is 19.3 Å². The van der Waals surface area contributed by atoms with Crippen molar-refractivity contribution in [3.63, 3.8) is 0 Å². The van der Waals surface area contributed by atoms with Gasteiger partial charge < -0.3 is 19.1 Å². The standard InChI is InChI=1S/C13H24NO5P/c1-13(2,3)19-12(15)14-10-6-8-11(9-7-10)20(16,17-4)18-5/h8,10H,6-7,9H2,1-5H3,(H,14,15). The lowest BCUT2D eigenvalue weighted by Gasteiger charge is -2.27. The SMILES string of the molecule is COP(=O)(OC)C1=CCC(NC(=O)OC(C)(C)C)CC1. The van der Waals surface area contributed by atoms with E-state index in [0.717, 1.165) is 0 Å². The molecular formula is C13H24NO5P. The van der Waals surface area contributed by atoms with E-state index in [1.807, 2.05) is 26.8 Å². The summed E-state index contributed by atoms with van der Waals surface area (Å²) >= 11 is 0. The van der Waals surface area contributed by atoms with Gasteiger partial charge in [-0.2, -0.15) is 0 Å². The first-order chi connectivity index (χ1) is 9.20. The molecule has 0 bridgehead atoms. The van der Waals surface area contributed by atoms with Crippen LogP contribution in [0.25, 0.3) is 0 Å². The minimum absolute atomic E-state index is 0.0178. The molecule has 20 heavy (non-hydrogen) atoms. The number of rotatable bonds is 4. The van der Waals surface area contributed by atoms with Gasteiger partial charge in [-0.25, -0.2) is 4.79 Å². The van der Waals surface area contributed by atoms with Gasteiger partial charge in [0, 0.05) is 25.6 Å². The van der Waals surface area contributed by atoms with Crippen molar-refractivity contribution in [3.05, 3.63) is 11.4 Å². The number of amides is 1. The van der Waals surface area contributed by atoms with Crippen LogP contribution >= 0.6 is 7.60 Å². The number of nitrogens with one attached hydrogen (secondary N) is 1. The molecule has 0 spiro atoms. The molecule has 1 atom stereocenters. The second kappa shape index (κ2) is 6.74. The zero-order valence-electron chi connectivity index (χ0n) is 12.8. The highest BCUT2D eigenvalue weighted by atomic mass is 31.2. The van der Waals surface area contributed by atoms with Crippen molar-refractivity contribution in [2.45, 2.75) is 51.7 Å². The molecule has 1 N–H and O–H groups in total. The quantitative estimate of drug-likeness (QED) is 0.805. The summed E-state index contributed by atoms with van der Waals surface area (Å²) in [4.78, 5) is 11.7. The molecule has 1 aliphatic carbocycles. The Morgan fingerprint density at radius 3 is 2.35 bits per heavy atom. The Morgan fingerprint density at radius 1 is 1.35 bits per heavy atom. The smallest absolute Gasteiger partial charge is 0.407 e. The maximum atomic E-state index is 12.2. The summed E-state index contributed by atoms with van der Waals surface area (Å²) in [6, 6.07) is -0.0178. The lowest BCUT2D eigenvalue weighted by Crippen LogP contribution is -2.39. The minimum atomic E-state index is -3.13. The van der Waals surface area contributed by atoms with Gasteiger partial charge in [0.2, 0.25) is 0 Å². The van der Waals surface area contributed by atoms with E-state index in [-0.39, 0.29) is 6.04 Å². The average Bonchev–Trinajstić information content (AvgIpc) is 2.36. The van der Waals surface area contributed by atoms with Crippen LogP contribution in [0.2, 0.25) is 0 Å². The predicted molar refractivity (Wildman–Crippen MR) is 76.7 cm³/mol. The molecule has 0 saturated carbocycles. The molecule has 116 valence electrons. The van der Waals surface area contributed by atoms with Crippen molar-refractivity contribution in [3.8, 4) is 0 Å². The molecule has 1 rings (SSSR count). The first-order valence-corrected chi connectivity index (χ1v) is 8.15. The molecule has 0 aromatic rings. The highest BCUT2D eigenvalue weighted by Gasteiger charge is 2.31. The maximum absolute atomic E-state index is 12.2. The number of carbonyl (C=O) groups is 1. The van der Waals surface area contributed by atoms with Gasteiger partial charge in [-0.05, 0) is 40.0 Å². The molecule has 7 heteroatoms. The van der Waals surface area contributed by atoms with Crippen LogP contribution in [0.3, 0.4) is 0 Å². The highest BCUT2D eigenvalue weighted by molar-refractivity contribution is 7.58. The molecule has 0 aromatic heterocycles. The normalized spacial score (nSPS) is 20.2. The third-order valence-corrected chi connectivity index (χ3v) is 5.01. The zero-order chi connectivity index (χ0) is 15.4. The van der Waals surface area contributed by atoms with E-state index in [2.05, 4.69) is 5.32 Å². The summed E-state index contributed by atoms with van der Waals surface area (Å²) in [5.41, 5.74) is -0.512. The van der Waals surface area contributed by atoms with Crippen LogP contribution in [-0.4, -0.2) is 32.0 Å². The van der Waals surface area contributed by atoms with Crippen LogP contribution in [0.4, 0.5) is 4.79 Å². The average molecular weight is 305 g/mol. The fraction of sp³-hybridized carbons (Fsp3) is 0.769. The van der Waals surface area contributed by atoms with Crippen LogP contribution in [0.1, 0.15) is 40.0 Å². The van der Waals surface area contributed by atoms with Crippen LogP contribution in [0.5, 0.6) is 0 Å². The topological polar surface area (TPSA) is 73.9 Å². The van der Waals surface area contributed by atoms with Gasteiger partial charge in [0.05, 0.1) is 0 Å². The van der Waals surface area contributed by atoms with Crippen molar-refractivity contribution in [2.24, 2.45) is 0 Å².